The summed E-state index contributed by atoms with van der Waals surface area (Å²) < 4.78 is 0.919. The van der Waals surface area contributed by atoms with Gasteiger partial charge in [-0.05, 0) is 36.8 Å². The van der Waals surface area contributed by atoms with Gasteiger partial charge in [0.25, 0.3) is 0 Å². The average molecular weight is 337 g/mol. The Balaban J connectivity index is 2.23. The summed E-state index contributed by atoms with van der Waals surface area (Å²) in [6.07, 6.45) is 0. The van der Waals surface area contributed by atoms with Crippen LogP contribution in [0.15, 0.2) is 34.8 Å². The summed E-state index contributed by atoms with van der Waals surface area (Å²) in [7, 11) is 0. The summed E-state index contributed by atoms with van der Waals surface area (Å²) in [5.41, 5.74) is 10.2. The molecule has 0 amide bonds. The van der Waals surface area contributed by atoms with Crippen LogP contribution in [0.4, 0.5) is 5.69 Å². The number of fused-ring (bicyclic) bond motifs is 1. The van der Waals surface area contributed by atoms with Crippen LogP contribution in [-0.2, 0) is 0 Å². The van der Waals surface area contributed by atoms with Gasteiger partial charge in [0, 0.05) is 10.0 Å². The number of imidazole rings is 1. The molecule has 5 heteroatoms. The number of H-pyrrole nitrogens is 1. The highest BCUT2D eigenvalue weighted by Crippen LogP contribution is 2.31. The van der Waals surface area contributed by atoms with Crippen LogP contribution >= 0.6 is 27.5 Å². The van der Waals surface area contributed by atoms with Gasteiger partial charge in [-0.3, -0.25) is 0 Å². The van der Waals surface area contributed by atoms with E-state index < -0.39 is 0 Å². The summed E-state index contributed by atoms with van der Waals surface area (Å²) in [4.78, 5) is 7.78. The zero-order valence-corrected chi connectivity index (χ0v) is 12.5. The molecule has 3 aromatic rings. The first kappa shape index (κ1) is 12.5. The van der Waals surface area contributed by atoms with E-state index in [0.29, 0.717) is 10.7 Å². The fraction of sp³-hybridized carbons (Fsp3) is 0.0714. The summed E-state index contributed by atoms with van der Waals surface area (Å²) in [5, 5.41) is 0.677. The predicted octanol–water partition coefficient (Wildman–Crippen LogP) is 4.54. The first-order valence-corrected chi connectivity index (χ1v) is 6.93. The third-order valence-electron chi connectivity index (χ3n) is 2.96. The lowest BCUT2D eigenvalue weighted by Gasteiger charge is -2.01. The van der Waals surface area contributed by atoms with E-state index in [1.54, 1.807) is 0 Å². The van der Waals surface area contributed by atoms with Crippen LogP contribution in [0.2, 0.25) is 5.02 Å². The van der Waals surface area contributed by atoms with Gasteiger partial charge in [-0.1, -0.05) is 33.6 Å². The van der Waals surface area contributed by atoms with Gasteiger partial charge < -0.3 is 10.7 Å². The molecule has 3 N–H and O–H groups in total. The van der Waals surface area contributed by atoms with Gasteiger partial charge in [0.15, 0.2) is 0 Å². The van der Waals surface area contributed by atoms with E-state index in [0.717, 1.165) is 32.5 Å². The topological polar surface area (TPSA) is 54.7 Å². The monoisotopic (exact) mass is 335 g/mol. The number of nitrogens with two attached hydrogens (primary N) is 1. The first-order valence-electron chi connectivity index (χ1n) is 5.76. The molecule has 0 aliphatic heterocycles. The molecule has 0 unspecified atom stereocenters. The van der Waals surface area contributed by atoms with Crippen molar-refractivity contribution >= 4 is 44.3 Å². The molecule has 0 saturated heterocycles. The maximum absolute atomic E-state index is 6.26. The van der Waals surface area contributed by atoms with Crippen molar-refractivity contribution in [1.82, 2.24) is 9.97 Å². The molecular formula is C14H11BrClN3. The van der Waals surface area contributed by atoms with Crippen LogP contribution in [0.5, 0.6) is 0 Å². The van der Waals surface area contributed by atoms with Gasteiger partial charge in [0.2, 0.25) is 0 Å². The zero-order chi connectivity index (χ0) is 13.6. The summed E-state index contributed by atoms with van der Waals surface area (Å²) >= 11 is 9.68. The highest BCUT2D eigenvalue weighted by Gasteiger charge is 2.11. The largest absolute Gasteiger partial charge is 0.397 e. The number of rotatable bonds is 1. The molecule has 1 aromatic heterocycles. The third-order valence-corrected chi connectivity index (χ3v) is 3.73. The number of halogens is 2. The maximum Gasteiger partial charge on any atom is 0.140 e. The highest BCUT2D eigenvalue weighted by molar-refractivity contribution is 9.10. The Kier molecular flexibility index (Phi) is 2.99. The average Bonchev–Trinajstić information content (AvgIpc) is 2.72. The Bertz CT molecular complexity index is 780. The molecule has 0 saturated carbocycles. The van der Waals surface area contributed by atoms with Gasteiger partial charge >= 0.3 is 0 Å². The van der Waals surface area contributed by atoms with E-state index in [2.05, 4.69) is 25.9 Å². The molecule has 0 fully saturated rings. The van der Waals surface area contributed by atoms with E-state index in [-0.39, 0.29) is 0 Å². The second-order valence-corrected chi connectivity index (χ2v) is 5.78. The van der Waals surface area contributed by atoms with Crippen LogP contribution in [0.25, 0.3) is 22.4 Å². The molecular weight excluding hydrogens is 326 g/mol. The number of anilines is 1. The van der Waals surface area contributed by atoms with Crippen LogP contribution < -0.4 is 5.73 Å². The molecule has 96 valence electrons. The van der Waals surface area contributed by atoms with Crippen molar-refractivity contribution in [3.8, 4) is 11.4 Å². The Morgan fingerprint density at radius 2 is 2.05 bits per heavy atom. The number of hydrogen-bond donors (Lipinski definition) is 2. The summed E-state index contributed by atoms with van der Waals surface area (Å²) in [6, 6.07) is 9.67. The Morgan fingerprint density at radius 3 is 2.79 bits per heavy atom. The van der Waals surface area contributed by atoms with Gasteiger partial charge in [-0.2, -0.15) is 0 Å². The molecule has 0 aliphatic rings. The number of nitrogen functional groups attached to an aromatic ring is 1. The Morgan fingerprint density at radius 1 is 1.26 bits per heavy atom. The third kappa shape index (κ3) is 2.22. The van der Waals surface area contributed by atoms with Crippen LogP contribution in [0.3, 0.4) is 0 Å². The molecule has 0 radical (unpaired) electrons. The number of aromatic nitrogens is 2. The normalized spacial score (nSPS) is 11.1. The van der Waals surface area contributed by atoms with Gasteiger partial charge in [-0.25, -0.2) is 4.98 Å². The number of nitrogens with zero attached hydrogens (tertiary/aromatic N) is 1. The first-order chi connectivity index (χ1) is 9.04. The predicted molar refractivity (Wildman–Crippen MR) is 83.4 cm³/mol. The number of benzene rings is 2. The second-order valence-electron chi connectivity index (χ2n) is 4.46. The molecule has 0 bridgehead atoms. The van der Waals surface area contributed by atoms with E-state index in [1.165, 1.54) is 0 Å². The van der Waals surface area contributed by atoms with Crippen LogP contribution in [0.1, 0.15) is 5.56 Å². The minimum atomic E-state index is 0.634. The van der Waals surface area contributed by atoms with Crippen molar-refractivity contribution in [1.29, 1.82) is 0 Å². The molecule has 3 nitrogen and oxygen atoms in total. The van der Waals surface area contributed by atoms with Gasteiger partial charge in [-0.15, -0.1) is 0 Å². The van der Waals surface area contributed by atoms with Crippen LogP contribution in [0, 0.1) is 6.92 Å². The second kappa shape index (κ2) is 4.54. The standard InChI is InChI=1S/C14H11BrClN3/c1-7-2-3-9(10(16)4-7)14-18-12-6-8(15)5-11(17)13(12)19-14/h2-6H,17H2,1H3,(H,18,19). The van der Waals surface area contributed by atoms with Crippen molar-refractivity contribution in [2.24, 2.45) is 0 Å². The lowest BCUT2D eigenvalue weighted by molar-refractivity contribution is 1.33. The highest BCUT2D eigenvalue weighted by atomic mass is 79.9. The molecule has 0 spiro atoms. The van der Waals surface area contributed by atoms with E-state index >= 15 is 0 Å². The minimum Gasteiger partial charge on any atom is -0.397 e. The smallest absolute Gasteiger partial charge is 0.140 e. The minimum absolute atomic E-state index is 0.634. The molecule has 2 aromatic carbocycles. The Labute approximate surface area is 123 Å². The summed E-state index contributed by atoms with van der Waals surface area (Å²) in [5.74, 6) is 0.727. The van der Waals surface area contributed by atoms with Gasteiger partial charge in [0.05, 0.1) is 16.2 Å². The fourth-order valence-corrected chi connectivity index (χ4v) is 2.85. The lowest BCUT2D eigenvalue weighted by atomic mass is 10.1. The van der Waals surface area contributed by atoms with Crippen molar-refractivity contribution in [2.45, 2.75) is 6.92 Å². The number of aromatic amines is 1. The van der Waals surface area contributed by atoms with Crippen molar-refractivity contribution in [3.05, 3.63) is 45.4 Å². The molecule has 1 heterocycles. The van der Waals surface area contributed by atoms with E-state index in [4.69, 9.17) is 17.3 Å². The molecule has 0 atom stereocenters. The Hall–Kier alpha value is -1.52. The van der Waals surface area contributed by atoms with Crippen molar-refractivity contribution in [3.63, 3.8) is 0 Å². The molecule has 19 heavy (non-hydrogen) atoms. The maximum atomic E-state index is 6.26. The number of nitrogens with one attached hydrogen (secondary N) is 1. The lowest BCUT2D eigenvalue weighted by Crippen LogP contribution is -1.86. The van der Waals surface area contributed by atoms with E-state index in [9.17, 15) is 0 Å². The SMILES string of the molecule is Cc1ccc(-c2nc3c(N)cc(Br)cc3[nH]2)c(Cl)c1. The van der Waals surface area contributed by atoms with Crippen molar-refractivity contribution in [2.75, 3.05) is 5.73 Å². The summed E-state index contributed by atoms with van der Waals surface area (Å²) in [6.45, 7) is 2.00. The number of aryl methyl sites for hydroxylation is 1. The fourth-order valence-electron chi connectivity index (χ4n) is 2.05. The molecule has 3 rings (SSSR count). The molecule has 0 aliphatic carbocycles. The van der Waals surface area contributed by atoms with Crippen molar-refractivity contribution < 1.29 is 0 Å². The van der Waals surface area contributed by atoms with Gasteiger partial charge in [0.1, 0.15) is 11.3 Å². The zero-order valence-electron chi connectivity index (χ0n) is 10.2. The van der Waals surface area contributed by atoms with E-state index in [1.807, 2.05) is 37.3 Å². The number of hydrogen-bond acceptors (Lipinski definition) is 2. The van der Waals surface area contributed by atoms with Crippen LogP contribution in [-0.4, -0.2) is 9.97 Å². The quantitative estimate of drug-likeness (QED) is 0.641.